The van der Waals surface area contributed by atoms with Gasteiger partial charge in [0.05, 0.1) is 6.54 Å². The fourth-order valence-corrected chi connectivity index (χ4v) is 2.00. The summed E-state index contributed by atoms with van der Waals surface area (Å²) < 4.78 is 0. The van der Waals surface area contributed by atoms with Crippen LogP contribution in [0.3, 0.4) is 0 Å². The van der Waals surface area contributed by atoms with Gasteiger partial charge in [0.2, 0.25) is 5.71 Å². The van der Waals surface area contributed by atoms with Crippen molar-refractivity contribution in [3.05, 3.63) is 70.6 Å². The van der Waals surface area contributed by atoms with Crippen molar-refractivity contribution in [3.63, 3.8) is 0 Å². The highest BCUT2D eigenvalue weighted by molar-refractivity contribution is 6.02. The van der Waals surface area contributed by atoms with Crippen LogP contribution in [-0.2, 0) is 0 Å². The number of hydrogen-bond donors (Lipinski definition) is 1. The standard InChI is InChI=1S/C15H18N3O3/c1-16(2)13-7-9-17(10-8-13)11-15(19)12-3-5-14(6-4-12)18(20)21/h3-10,13H,11H2,1-2H3,(H-,19,20,21)/q-1. The van der Waals surface area contributed by atoms with Gasteiger partial charge in [0.15, 0.2) is 0 Å². The summed E-state index contributed by atoms with van der Waals surface area (Å²) in [6, 6.07) is 0.253. The molecular weight excluding hydrogens is 270 g/mol. The fourth-order valence-electron chi connectivity index (χ4n) is 2.00. The monoisotopic (exact) mass is 288 g/mol. The number of nitrogens with zero attached hydrogens (tertiary/aromatic N) is 3. The van der Waals surface area contributed by atoms with Gasteiger partial charge in [-0.2, -0.15) is 4.90 Å². The number of rotatable bonds is 3. The molecule has 0 saturated heterocycles. The smallest absolute Gasteiger partial charge is 0.222 e. The quantitative estimate of drug-likeness (QED) is 0.485. The summed E-state index contributed by atoms with van der Waals surface area (Å²) in [5, 5.41) is 31.3. The van der Waals surface area contributed by atoms with E-state index in [1.807, 2.05) is 43.5 Å². The first-order valence-electron chi connectivity index (χ1n) is 6.56. The number of hydrogen-bond acceptors (Lipinski definition) is 5. The lowest BCUT2D eigenvalue weighted by Crippen LogP contribution is -2.28. The van der Waals surface area contributed by atoms with E-state index in [4.69, 9.17) is 0 Å². The zero-order valence-corrected chi connectivity index (χ0v) is 12.0. The van der Waals surface area contributed by atoms with Crippen molar-refractivity contribution in [3.8, 4) is 0 Å². The first-order valence-corrected chi connectivity index (χ1v) is 6.56. The maximum absolute atomic E-state index is 10.6. The van der Waals surface area contributed by atoms with Crippen LogP contribution in [0.2, 0.25) is 0 Å². The van der Waals surface area contributed by atoms with Gasteiger partial charge in [-0.3, -0.25) is 4.90 Å². The Labute approximate surface area is 123 Å². The summed E-state index contributed by atoms with van der Waals surface area (Å²) in [6.07, 6.45) is 13.7. The van der Waals surface area contributed by atoms with Gasteiger partial charge in [-0.05, 0) is 38.4 Å². The molecule has 1 heterocycles. The molecule has 0 aromatic heterocycles. The summed E-state index contributed by atoms with van der Waals surface area (Å²) in [5.74, 6) is 0.169. The highest BCUT2D eigenvalue weighted by Crippen LogP contribution is 2.14. The van der Waals surface area contributed by atoms with Crippen molar-refractivity contribution < 1.29 is 10.0 Å². The second-order valence-corrected chi connectivity index (χ2v) is 5.06. The van der Waals surface area contributed by atoms with E-state index in [2.05, 4.69) is 4.90 Å². The van der Waals surface area contributed by atoms with Crippen LogP contribution in [0.1, 0.15) is 0 Å². The van der Waals surface area contributed by atoms with E-state index < -0.39 is 4.90 Å². The number of aliphatic hydroxyl groups is 1. The summed E-state index contributed by atoms with van der Waals surface area (Å²) in [5.41, 5.74) is 0.593. The van der Waals surface area contributed by atoms with Gasteiger partial charge in [-0.1, -0.05) is 0 Å². The Morgan fingerprint density at radius 2 is 1.76 bits per heavy atom. The van der Waals surface area contributed by atoms with Crippen LogP contribution in [0.5, 0.6) is 0 Å². The zero-order valence-electron chi connectivity index (χ0n) is 12.0. The Morgan fingerprint density at radius 3 is 2.24 bits per heavy atom. The number of aliphatic hydroxyl groups excluding tert-OH is 1. The fraction of sp³-hybridized carbons (Fsp3) is 0.267. The molecule has 6 nitrogen and oxygen atoms in total. The Balaban J connectivity index is 2.02. The van der Waals surface area contributed by atoms with E-state index in [-0.39, 0.29) is 17.5 Å². The lowest BCUT2D eigenvalue weighted by atomic mass is 10.1. The molecule has 0 atom stereocenters. The first-order chi connectivity index (χ1) is 9.97. The summed E-state index contributed by atoms with van der Waals surface area (Å²) >= 11 is 0. The molecule has 0 unspecified atom stereocenters. The molecule has 0 bridgehead atoms. The van der Waals surface area contributed by atoms with Gasteiger partial charge in [0, 0.05) is 36.2 Å². The molecule has 1 N–H and O–H groups in total. The average Bonchev–Trinajstić information content (AvgIpc) is 2.47. The Morgan fingerprint density at radius 1 is 1.19 bits per heavy atom. The maximum Gasteiger partial charge on any atom is 0.222 e. The van der Waals surface area contributed by atoms with Crippen molar-refractivity contribution in [1.82, 2.24) is 9.80 Å². The van der Waals surface area contributed by atoms with Crippen molar-refractivity contribution in [2.45, 2.75) is 6.04 Å². The minimum atomic E-state index is -0.460. The summed E-state index contributed by atoms with van der Waals surface area (Å²) in [4.78, 5) is 3.47. The van der Waals surface area contributed by atoms with E-state index in [9.17, 15) is 15.5 Å². The van der Waals surface area contributed by atoms with Crippen LogP contribution in [0, 0.1) is 10.4 Å². The van der Waals surface area contributed by atoms with E-state index >= 15 is 0 Å². The molecule has 0 amide bonds. The third kappa shape index (κ3) is 3.76. The molecule has 0 aromatic rings. The normalized spacial score (nSPS) is 18.0. The molecule has 0 spiro atoms. The molecule has 6 heteroatoms. The van der Waals surface area contributed by atoms with E-state index in [0.29, 0.717) is 12.1 Å². The van der Waals surface area contributed by atoms with Crippen LogP contribution < -0.4 is 0 Å². The van der Waals surface area contributed by atoms with Gasteiger partial charge < -0.3 is 20.4 Å². The molecule has 112 valence electrons. The van der Waals surface area contributed by atoms with Crippen molar-refractivity contribution in [1.29, 1.82) is 0 Å². The van der Waals surface area contributed by atoms with Crippen LogP contribution >= 0.6 is 0 Å². The van der Waals surface area contributed by atoms with Gasteiger partial charge in [-0.25, -0.2) is 0 Å². The predicted octanol–water partition coefficient (Wildman–Crippen LogP) is 1.65. The minimum absolute atomic E-state index is 0.0122. The molecule has 1 aliphatic carbocycles. The molecule has 2 rings (SSSR count). The SMILES string of the molecule is CN(C)C1C=CN(CC(O)=C2C=CC(=[N+]([O-])[O-])C=C2)C=C1. The molecular formula is C15H18N3O3-. The second-order valence-electron chi connectivity index (χ2n) is 5.06. The molecule has 0 aromatic carbocycles. The Kier molecular flexibility index (Phi) is 4.49. The average molecular weight is 288 g/mol. The van der Waals surface area contributed by atoms with Crippen LogP contribution in [0.15, 0.2) is 60.2 Å². The van der Waals surface area contributed by atoms with Crippen LogP contribution in [-0.4, -0.2) is 52.2 Å². The molecule has 0 radical (unpaired) electrons. The van der Waals surface area contributed by atoms with Gasteiger partial charge >= 0.3 is 0 Å². The summed E-state index contributed by atoms with van der Waals surface area (Å²) in [7, 11) is 3.99. The lowest BCUT2D eigenvalue weighted by molar-refractivity contribution is -0.377. The van der Waals surface area contributed by atoms with Gasteiger partial charge in [0.25, 0.3) is 0 Å². The van der Waals surface area contributed by atoms with E-state index in [1.54, 1.807) is 12.2 Å². The van der Waals surface area contributed by atoms with Crippen molar-refractivity contribution >= 4 is 5.71 Å². The number of allylic oxidation sites excluding steroid dienone is 5. The molecule has 21 heavy (non-hydrogen) atoms. The third-order valence-electron chi connectivity index (χ3n) is 3.29. The third-order valence-corrected chi connectivity index (χ3v) is 3.29. The lowest BCUT2D eigenvalue weighted by Gasteiger charge is -2.25. The highest BCUT2D eigenvalue weighted by atomic mass is 16.8. The maximum atomic E-state index is 10.6. The molecule has 1 aliphatic heterocycles. The zero-order chi connectivity index (χ0) is 15.4. The van der Waals surface area contributed by atoms with Crippen molar-refractivity contribution in [2.24, 2.45) is 0 Å². The first kappa shape index (κ1) is 14.9. The molecule has 0 saturated carbocycles. The topological polar surface area (TPSA) is 75.8 Å². The summed E-state index contributed by atoms with van der Waals surface area (Å²) in [6.45, 7) is 0.324. The number of likely N-dealkylation sites (N-methyl/N-ethyl adjacent to an activating group) is 1. The van der Waals surface area contributed by atoms with Gasteiger partial charge in [0.1, 0.15) is 5.76 Å². The predicted molar refractivity (Wildman–Crippen MR) is 82.4 cm³/mol. The van der Waals surface area contributed by atoms with Crippen LogP contribution in [0.4, 0.5) is 0 Å². The van der Waals surface area contributed by atoms with E-state index in [1.165, 1.54) is 12.2 Å². The van der Waals surface area contributed by atoms with Gasteiger partial charge in [-0.15, -0.1) is 0 Å². The Hall–Kier alpha value is -2.47. The van der Waals surface area contributed by atoms with E-state index in [0.717, 1.165) is 0 Å². The Bertz CT molecular complexity index is 547. The minimum Gasteiger partial charge on any atom is -0.612 e. The highest BCUT2D eigenvalue weighted by Gasteiger charge is 2.12. The second kappa shape index (κ2) is 6.32. The molecule has 2 aliphatic rings. The largest absolute Gasteiger partial charge is 0.612 e. The van der Waals surface area contributed by atoms with Crippen molar-refractivity contribution in [2.75, 3.05) is 20.6 Å². The molecule has 0 fully saturated rings. The van der Waals surface area contributed by atoms with Crippen LogP contribution in [0.25, 0.3) is 0 Å².